The summed E-state index contributed by atoms with van der Waals surface area (Å²) >= 11 is 0. The summed E-state index contributed by atoms with van der Waals surface area (Å²) in [6.07, 6.45) is 1.06. The first-order valence-electron chi connectivity index (χ1n) is 9.71. The van der Waals surface area contributed by atoms with Crippen LogP contribution in [0.5, 0.6) is 5.75 Å². The number of nitrogens with one attached hydrogen (secondary N) is 1. The quantitative estimate of drug-likeness (QED) is 0.449. The lowest BCUT2D eigenvalue weighted by Crippen LogP contribution is -2.46. The highest BCUT2D eigenvalue weighted by atomic mass is 16.5. The van der Waals surface area contributed by atoms with Crippen LogP contribution in [-0.2, 0) is 19.2 Å². The number of benzene rings is 1. The molecule has 6 amide bonds. The highest BCUT2D eigenvalue weighted by Gasteiger charge is 2.45. The van der Waals surface area contributed by atoms with Crippen molar-refractivity contribution in [3.8, 4) is 5.75 Å². The van der Waals surface area contributed by atoms with Crippen LogP contribution in [0.1, 0.15) is 26.7 Å². The molecule has 2 rings (SSSR count). The zero-order chi connectivity index (χ0) is 22.3. The van der Waals surface area contributed by atoms with Crippen LogP contribution in [0.2, 0.25) is 0 Å². The van der Waals surface area contributed by atoms with E-state index in [1.807, 2.05) is 6.92 Å². The van der Waals surface area contributed by atoms with Crippen molar-refractivity contribution in [2.45, 2.75) is 26.7 Å². The predicted molar refractivity (Wildman–Crippen MR) is 108 cm³/mol. The smallest absolute Gasteiger partial charge is 0.334 e. The topological polar surface area (TPSA) is 116 Å². The molecule has 0 atom stereocenters. The molecule has 1 fully saturated rings. The predicted octanol–water partition coefficient (Wildman–Crippen LogP) is 1.07. The van der Waals surface area contributed by atoms with Crippen molar-refractivity contribution in [2.24, 2.45) is 0 Å². The molecule has 0 unspecified atom stereocenters. The Morgan fingerprint density at radius 3 is 2.33 bits per heavy atom. The third-order valence-electron chi connectivity index (χ3n) is 4.44. The van der Waals surface area contributed by atoms with E-state index in [9.17, 15) is 24.0 Å². The Kier molecular flexibility index (Phi) is 7.90. The average molecular weight is 418 g/mol. The van der Waals surface area contributed by atoms with Gasteiger partial charge in [-0.15, -0.1) is 0 Å². The Labute approximate surface area is 174 Å². The fourth-order valence-electron chi connectivity index (χ4n) is 3.02. The van der Waals surface area contributed by atoms with E-state index in [1.165, 1.54) is 12.0 Å². The molecule has 1 N–H and O–H groups in total. The number of methoxy groups -OCH3 is 1. The van der Waals surface area contributed by atoms with Crippen LogP contribution in [0.25, 0.3) is 0 Å². The van der Waals surface area contributed by atoms with Crippen LogP contribution in [0, 0.1) is 0 Å². The van der Waals surface area contributed by atoms with Crippen molar-refractivity contribution in [3.05, 3.63) is 24.3 Å². The number of anilines is 1. The van der Waals surface area contributed by atoms with Crippen LogP contribution in [-0.4, -0.2) is 77.6 Å². The minimum absolute atomic E-state index is 0.105. The third-order valence-corrected chi connectivity index (χ3v) is 4.44. The van der Waals surface area contributed by atoms with Gasteiger partial charge in [-0.05, 0) is 25.0 Å². The molecule has 0 radical (unpaired) electrons. The number of carbonyl (C=O) groups is 5. The number of amides is 6. The molecule has 10 heteroatoms. The van der Waals surface area contributed by atoms with Crippen molar-refractivity contribution in [3.63, 3.8) is 0 Å². The second kappa shape index (κ2) is 10.4. The van der Waals surface area contributed by atoms with Crippen molar-refractivity contribution >= 4 is 35.3 Å². The van der Waals surface area contributed by atoms with E-state index in [1.54, 1.807) is 31.2 Å². The number of para-hydroxylation sites is 2. The summed E-state index contributed by atoms with van der Waals surface area (Å²) in [5.74, 6) is -2.55. The molecule has 1 aromatic rings. The summed E-state index contributed by atoms with van der Waals surface area (Å²) in [6, 6.07) is 6.03. The van der Waals surface area contributed by atoms with Gasteiger partial charge in [0.25, 0.3) is 0 Å². The summed E-state index contributed by atoms with van der Waals surface area (Å²) in [5.41, 5.74) is 0.458. The fraction of sp³-hybridized carbons (Fsp3) is 0.450. The van der Waals surface area contributed by atoms with Gasteiger partial charge in [-0.25, -0.2) is 9.69 Å². The van der Waals surface area contributed by atoms with Crippen LogP contribution in [0.4, 0.5) is 10.5 Å². The maximum Gasteiger partial charge on any atom is 0.334 e. The van der Waals surface area contributed by atoms with Gasteiger partial charge >= 0.3 is 17.8 Å². The standard InChI is InChI=1S/C20H26N4O6/c1-4-10-22(12-16(25)21-14-8-6-7-9-15(14)30-3)17(26)13-24-19(28)18(27)23(11-5-2)20(24)29/h6-9H,4-5,10-13H2,1-3H3,(H,21,25). The van der Waals surface area contributed by atoms with E-state index in [2.05, 4.69) is 5.32 Å². The minimum atomic E-state index is -1.03. The Morgan fingerprint density at radius 2 is 1.70 bits per heavy atom. The first-order chi connectivity index (χ1) is 14.3. The number of rotatable bonds is 10. The normalized spacial score (nSPS) is 13.6. The average Bonchev–Trinajstić information content (AvgIpc) is 2.92. The summed E-state index contributed by atoms with van der Waals surface area (Å²) in [5, 5.41) is 2.68. The van der Waals surface area contributed by atoms with Crippen molar-refractivity contribution in [2.75, 3.05) is 38.6 Å². The maximum atomic E-state index is 12.7. The van der Waals surface area contributed by atoms with Crippen molar-refractivity contribution in [1.29, 1.82) is 0 Å². The SMILES string of the molecule is CCCN(CC(=O)Nc1ccccc1OC)C(=O)CN1C(=O)C(=O)N(CCC)C1=O. The third kappa shape index (κ3) is 5.13. The van der Waals surface area contributed by atoms with Gasteiger partial charge in [-0.2, -0.15) is 0 Å². The summed E-state index contributed by atoms with van der Waals surface area (Å²) < 4.78 is 5.18. The fourth-order valence-corrected chi connectivity index (χ4v) is 3.02. The van der Waals surface area contributed by atoms with Gasteiger partial charge < -0.3 is 15.0 Å². The van der Waals surface area contributed by atoms with E-state index in [4.69, 9.17) is 4.74 Å². The summed E-state index contributed by atoms with van der Waals surface area (Å²) in [6.45, 7) is 3.09. The Bertz CT molecular complexity index is 840. The molecular weight excluding hydrogens is 392 g/mol. The number of nitrogens with zero attached hydrogens (tertiary/aromatic N) is 3. The molecule has 30 heavy (non-hydrogen) atoms. The number of imide groups is 2. The first-order valence-corrected chi connectivity index (χ1v) is 9.71. The van der Waals surface area contributed by atoms with Crippen LogP contribution in [0.15, 0.2) is 24.3 Å². The van der Waals surface area contributed by atoms with E-state index in [0.29, 0.717) is 29.2 Å². The second-order valence-corrected chi connectivity index (χ2v) is 6.69. The first kappa shape index (κ1) is 22.9. The second-order valence-electron chi connectivity index (χ2n) is 6.69. The van der Waals surface area contributed by atoms with E-state index >= 15 is 0 Å². The molecule has 1 heterocycles. The van der Waals surface area contributed by atoms with Gasteiger partial charge in [0.05, 0.1) is 19.3 Å². The number of ether oxygens (including phenoxy) is 1. The summed E-state index contributed by atoms with van der Waals surface area (Å²) in [4.78, 5) is 64.2. The van der Waals surface area contributed by atoms with E-state index in [-0.39, 0.29) is 19.6 Å². The molecule has 0 aliphatic carbocycles. The van der Waals surface area contributed by atoms with Crippen LogP contribution >= 0.6 is 0 Å². The zero-order valence-corrected chi connectivity index (χ0v) is 17.3. The molecular formula is C20H26N4O6. The van der Waals surface area contributed by atoms with Gasteiger partial charge in [-0.3, -0.25) is 24.1 Å². The van der Waals surface area contributed by atoms with Gasteiger partial charge in [0.2, 0.25) is 11.8 Å². The maximum absolute atomic E-state index is 12.7. The molecule has 162 valence electrons. The Balaban J connectivity index is 2.05. The van der Waals surface area contributed by atoms with E-state index < -0.39 is 36.2 Å². The zero-order valence-electron chi connectivity index (χ0n) is 17.3. The van der Waals surface area contributed by atoms with Gasteiger partial charge in [0.15, 0.2) is 0 Å². The molecule has 1 saturated heterocycles. The molecule has 1 aromatic carbocycles. The molecule has 10 nitrogen and oxygen atoms in total. The molecule has 0 bridgehead atoms. The molecule has 0 aromatic heterocycles. The van der Waals surface area contributed by atoms with Gasteiger partial charge in [0, 0.05) is 13.1 Å². The number of carbonyl (C=O) groups excluding carboxylic acids is 5. The Morgan fingerprint density at radius 1 is 1.03 bits per heavy atom. The van der Waals surface area contributed by atoms with Crippen molar-refractivity contribution < 1.29 is 28.7 Å². The van der Waals surface area contributed by atoms with E-state index in [0.717, 1.165) is 4.90 Å². The minimum Gasteiger partial charge on any atom is -0.495 e. The largest absolute Gasteiger partial charge is 0.495 e. The lowest BCUT2D eigenvalue weighted by molar-refractivity contribution is -0.145. The highest BCUT2D eigenvalue weighted by Crippen LogP contribution is 2.23. The summed E-state index contributed by atoms with van der Waals surface area (Å²) in [7, 11) is 1.48. The Hall–Kier alpha value is -3.43. The van der Waals surface area contributed by atoms with Crippen LogP contribution in [0.3, 0.4) is 0 Å². The monoisotopic (exact) mass is 418 g/mol. The number of urea groups is 1. The van der Waals surface area contributed by atoms with Gasteiger partial charge in [0.1, 0.15) is 12.3 Å². The molecule has 1 aliphatic rings. The number of hydrogen-bond acceptors (Lipinski definition) is 6. The lowest BCUT2D eigenvalue weighted by atomic mass is 10.3. The van der Waals surface area contributed by atoms with Crippen molar-refractivity contribution in [1.82, 2.24) is 14.7 Å². The highest BCUT2D eigenvalue weighted by molar-refractivity contribution is 6.45. The van der Waals surface area contributed by atoms with Crippen LogP contribution < -0.4 is 10.1 Å². The lowest BCUT2D eigenvalue weighted by Gasteiger charge is -2.24. The molecule has 1 aliphatic heterocycles. The molecule has 0 saturated carbocycles. The van der Waals surface area contributed by atoms with Gasteiger partial charge in [-0.1, -0.05) is 26.0 Å². The number of hydrogen-bond donors (Lipinski definition) is 1. The molecule has 0 spiro atoms.